The molecule has 4 nitrogen and oxygen atoms in total. The van der Waals surface area contributed by atoms with Crippen LogP contribution in [0.3, 0.4) is 0 Å². The highest BCUT2D eigenvalue weighted by Crippen LogP contribution is 2.48. The lowest BCUT2D eigenvalue weighted by Gasteiger charge is -2.35. The van der Waals surface area contributed by atoms with E-state index in [0.717, 1.165) is 37.1 Å². The third kappa shape index (κ3) is 2.46. The zero-order valence-corrected chi connectivity index (χ0v) is 12.1. The zero-order valence-electron chi connectivity index (χ0n) is 12.1. The van der Waals surface area contributed by atoms with Crippen molar-refractivity contribution in [1.82, 2.24) is 10.1 Å². The summed E-state index contributed by atoms with van der Waals surface area (Å²) < 4.78 is 31.4. The highest BCUT2D eigenvalue weighted by Gasteiger charge is 2.45. The van der Waals surface area contributed by atoms with Crippen molar-refractivity contribution < 1.29 is 13.3 Å². The van der Waals surface area contributed by atoms with Gasteiger partial charge in [0.25, 0.3) is 11.8 Å². The number of aromatic nitrogens is 2. The van der Waals surface area contributed by atoms with Gasteiger partial charge in [0.05, 0.1) is 0 Å². The zero-order chi connectivity index (χ0) is 15.2. The Morgan fingerprint density at radius 3 is 2.68 bits per heavy atom. The highest BCUT2D eigenvalue weighted by molar-refractivity contribution is 5.56. The van der Waals surface area contributed by atoms with Gasteiger partial charge in [0.15, 0.2) is 0 Å². The van der Waals surface area contributed by atoms with E-state index in [1.807, 2.05) is 24.3 Å². The molecule has 116 valence electrons. The SMILES string of the molecule is FC1(F)CC(c2cccc(-c3nc(N4CCCC4)no3)c2)C1. The van der Waals surface area contributed by atoms with Gasteiger partial charge in [-0.05, 0) is 41.6 Å². The van der Waals surface area contributed by atoms with Gasteiger partial charge in [-0.1, -0.05) is 12.1 Å². The predicted molar refractivity (Wildman–Crippen MR) is 78.1 cm³/mol. The molecular formula is C16H17F2N3O. The molecule has 22 heavy (non-hydrogen) atoms. The van der Waals surface area contributed by atoms with Gasteiger partial charge < -0.3 is 9.42 Å². The van der Waals surface area contributed by atoms with Crippen molar-refractivity contribution in [3.63, 3.8) is 0 Å². The van der Waals surface area contributed by atoms with Crippen LogP contribution in [0.2, 0.25) is 0 Å². The first-order valence-corrected chi connectivity index (χ1v) is 7.68. The van der Waals surface area contributed by atoms with Crippen molar-refractivity contribution in [2.24, 2.45) is 0 Å². The fourth-order valence-electron chi connectivity index (χ4n) is 3.20. The number of nitrogens with zero attached hydrogens (tertiary/aromatic N) is 3. The molecule has 0 radical (unpaired) electrons. The molecule has 0 bridgehead atoms. The van der Waals surface area contributed by atoms with Crippen molar-refractivity contribution in [3.8, 4) is 11.5 Å². The Morgan fingerprint density at radius 2 is 1.95 bits per heavy atom. The van der Waals surface area contributed by atoms with Crippen LogP contribution in [0.1, 0.15) is 37.2 Å². The Hall–Kier alpha value is -1.98. The second-order valence-electron chi connectivity index (χ2n) is 6.18. The Labute approximate surface area is 127 Å². The normalized spacial score (nSPS) is 21.1. The van der Waals surface area contributed by atoms with Crippen molar-refractivity contribution in [2.45, 2.75) is 37.5 Å². The monoisotopic (exact) mass is 305 g/mol. The van der Waals surface area contributed by atoms with Gasteiger partial charge in [-0.2, -0.15) is 4.98 Å². The molecule has 1 aliphatic heterocycles. The molecule has 4 rings (SSSR count). The third-order valence-electron chi connectivity index (χ3n) is 4.50. The summed E-state index contributed by atoms with van der Waals surface area (Å²) in [5.74, 6) is -1.51. The topological polar surface area (TPSA) is 42.2 Å². The van der Waals surface area contributed by atoms with Crippen LogP contribution >= 0.6 is 0 Å². The first-order valence-electron chi connectivity index (χ1n) is 7.68. The molecule has 2 aliphatic rings. The van der Waals surface area contributed by atoms with E-state index in [4.69, 9.17) is 4.52 Å². The minimum Gasteiger partial charge on any atom is -0.338 e. The number of rotatable bonds is 3. The number of benzene rings is 1. The maximum Gasteiger partial charge on any atom is 0.266 e. The Balaban J connectivity index is 1.55. The minimum atomic E-state index is -2.51. The maximum atomic E-state index is 13.0. The first kappa shape index (κ1) is 13.7. The van der Waals surface area contributed by atoms with Crippen LogP contribution in [0, 0.1) is 0 Å². The van der Waals surface area contributed by atoms with Gasteiger partial charge in [0.1, 0.15) is 0 Å². The van der Waals surface area contributed by atoms with E-state index in [1.165, 1.54) is 0 Å². The molecule has 2 heterocycles. The molecule has 6 heteroatoms. The Bertz CT molecular complexity index is 672. The Kier molecular flexibility index (Phi) is 3.13. The molecule has 1 aliphatic carbocycles. The summed E-state index contributed by atoms with van der Waals surface area (Å²) in [5.41, 5.74) is 1.72. The average molecular weight is 305 g/mol. The summed E-state index contributed by atoms with van der Waals surface area (Å²) >= 11 is 0. The molecule has 1 aromatic heterocycles. The Morgan fingerprint density at radius 1 is 1.18 bits per heavy atom. The average Bonchev–Trinajstić information content (AvgIpc) is 3.15. The van der Waals surface area contributed by atoms with E-state index in [2.05, 4.69) is 15.0 Å². The summed E-state index contributed by atoms with van der Waals surface area (Å²) in [5, 5.41) is 4.03. The smallest absolute Gasteiger partial charge is 0.266 e. The number of hydrogen-bond donors (Lipinski definition) is 0. The first-order chi connectivity index (χ1) is 10.6. The van der Waals surface area contributed by atoms with Crippen LogP contribution in [-0.4, -0.2) is 29.2 Å². The molecule has 0 unspecified atom stereocenters. The van der Waals surface area contributed by atoms with Crippen LogP contribution in [0.15, 0.2) is 28.8 Å². The fourth-order valence-corrected chi connectivity index (χ4v) is 3.20. The third-order valence-corrected chi connectivity index (χ3v) is 4.50. The minimum absolute atomic E-state index is 0.0701. The van der Waals surface area contributed by atoms with Crippen LogP contribution < -0.4 is 4.90 Å². The lowest BCUT2D eigenvalue weighted by molar-refractivity contribution is -0.0867. The number of alkyl halides is 2. The molecule has 0 amide bonds. The van der Waals surface area contributed by atoms with Crippen molar-refractivity contribution in [2.75, 3.05) is 18.0 Å². The molecule has 1 saturated heterocycles. The van der Waals surface area contributed by atoms with E-state index in [1.54, 1.807) is 0 Å². The van der Waals surface area contributed by atoms with Gasteiger partial charge >= 0.3 is 0 Å². The van der Waals surface area contributed by atoms with Gasteiger partial charge in [-0.3, -0.25) is 0 Å². The molecule has 2 fully saturated rings. The molecular weight excluding hydrogens is 288 g/mol. The largest absolute Gasteiger partial charge is 0.338 e. The number of anilines is 1. The highest BCUT2D eigenvalue weighted by atomic mass is 19.3. The van der Waals surface area contributed by atoms with E-state index in [9.17, 15) is 8.78 Å². The van der Waals surface area contributed by atoms with Crippen LogP contribution in [0.5, 0.6) is 0 Å². The predicted octanol–water partition coefficient (Wildman–Crippen LogP) is 3.85. The van der Waals surface area contributed by atoms with Crippen molar-refractivity contribution in [3.05, 3.63) is 29.8 Å². The van der Waals surface area contributed by atoms with Crippen molar-refractivity contribution >= 4 is 5.95 Å². The second kappa shape index (κ2) is 5.04. The maximum absolute atomic E-state index is 13.0. The van der Waals surface area contributed by atoms with Crippen LogP contribution in [0.25, 0.3) is 11.5 Å². The van der Waals surface area contributed by atoms with E-state index in [-0.39, 0.29) is 18.8 Å². The van der Waals surface area contributed by atoms with E-state index >= 15 is 0 Å². The summed E-state index contributed by atoms with van der Waals surface area (Å²) in [4.78, 5) is 6.54. The lowest BCUT2D eigenvalue weighted by atomic mass is 9.76. The van der Waals surface area contributed by atoms with Crippen LogP contribution in [0.4, 0.5) is 14.7 Å². The summed E-state index contributed by atoms with van der Waals surface area (Å²) in [6.07, 6.45) is 2.16. The molecule has 0 atom stereocenters. The van der Waals surface area contributed by atoms with Crippen molar-refractivity contribution in [1.29, 1.82) is 0 Å². The van der Waals surface area contributed by atoms with E-state index < -0.39 is 5.92 Å². The van der Waals surface area contributed by atoms with Crippen LogP contribution in [-0.2, 0) is 0 Å². The molecule has 1 saturated carbocycles. The van der Waals surface area contributed by atoms with Gasteiger partial charge in [-0.25, -0.2) is 8.78 Å². The van der Waals surface area contributed by atoms with E-state index in [0.29, 0.717) is 11.8 Å². The fraction of sp³-hybridized carbons (Fsp3) is 0.500. The molecule has 1 aromatic carbocycles. The standard InChI is InChI=1S/C16H17F2N3O/c17-16(18)9-13(10-16)11-4-3-5-12(8-11)14-19-15(20-22-14)21-6-1-2-7-21/h3-5,8,13H,1-2,6-7,9-10H2. The van der Waals surface area contributed by atoms with Gasteiger partial charge in [-0.15, -0.1) is 0 Å². The number of halogens is 2. The van der Waals surface area contributed by atoms with Gasteiger partial charge in [0.2, 0.25) is 5.92 Å². The molecule has 2 aromatic rings. The lowest BCUT2D eigenvalue weighted by Crippen LogP contribution is -2.33. The summed E-state index contributed by atoms with van der Waals surface area (Å²) in [7, 11) is 0. The van der Waals surface area contributed by atoms with Gasteiger partial charge in [0, 0.05) is 31.5 Å². The second-order valence-corrected chi connectivity index (χ2v) is 6.18. The summed E-state index contributed by atoms with van der Waals surface area (Å²) in [6.45, 7) is 1.91. The quantitative estimate of drug-likeness (QED) is 0.864. The number of hydrogen-bond acceptors (Lipinski definition) is 4. The summed E-state index contributed by atoms with van der Waals surface area (Å²) in [6, 6.07) is 7.52. The molecule has 0 N–H and O–H groups in total. The molecule has 0 spiro atoms.